The van der Waals surface area contributed by atoms with Crippen LogP contribution in [0.15, 0.2) is 30.3 Å². The fraction of sp³-hybridized carbons (Fsp3) is 0.600. The lowest BCUT2D eigenvalue weighted by molar-refractivity contribution is -0.304. The summed E-state index contributed by atoms with van der Waals surface area (Å²) in [4.78, 5) is 0. The van der Waals surface area contributed by atoms with E-state index in [4.69, 9.17) is 18.9 Å². The molecular formula is C15H22O6. The minimum absolute atomic E-state index is 0.271. The molecule has 1 fully saturated rings. The van der Waals surface area contributed by atoms with Gasteiger partial charge in [0.1, 0.15) is 24.4 Å². The van der Waals surface area contributed by atoms with Gasteiger partial charge in [0.25, 0.3) is 0 Å². The number of methoxy groups -OCH3 is 2. The molecule has 0 saturated carbocycles. The molecule has 6 nitrogen and oxygen atoms in total. The normalized spacial score (nSPS) is 33.0. The van der Waals surface area contributed by atoms with Crippen molar-refractivity contribution in [2.45, 2.75) is 37.3 Å². The Morgan fingerprint density at radius 1 is 1.05 bits per heavy atom. The van der Waals surface area contributed by atoms with E-state index in [-0.39, 0.29) is 6.61 Å². The highest BCUT2D eigenvalue weighted by molar-refractivity contribution is 5.13. The minimum Gasteiger partial charge on any atom is -0.394 e. The van der Waals surface area contributed by atoms with Gasteiger partial charge in [-0.25, -0.2) is 0 Å². The van der Waals surface area contributed by atoms with Crippen LogP contribution >= 0.6 is 0 Å². The Morgan fingerprint density at radius 2 is 1.71 bits per heavy atom. The van der Waals surface area contributed by atoms with Crippen molar-refractivity contribution in [3.63, 3.8) is 0 Å². The molecule has 2 N–H and O–H groups in total. The molecule has 0 spiro atoms. The summed E-state index contributed by atoms with van der Waals surface area (Å²) >= 11 is 0. The summed E-state index contributed by atoms with van der Waals surface area (Å²) in [6.45, 7) is 0.0879. The number of ether oxygens (including phenoxy) is 4. The summed E-state index contributed by atoms with van der Waals surface area (Å²) in [5.41, 5.74) is 1.00. The average molecular weight is 298 g/mol. The van der Waals surface area contributed by atoms with Crippen molar-refractivity contribution in [3.05, 3.63) is 35.9 Å². The van der Waals surface area contributed by atoms with E-state index < -0.39 is 30.7 Å². The van der Waals surface area contributed by atoms with Gasteiger partial charge in [-0.3, -0.25) is 0 Å². The first-order valence-corrected chi connectivity index (χ1v) is 6.86. The molecule has 0 amide bonds. The maximum Gasteiger partial charge on any atom is 0.184 e. The van der Waals surface area contributed by atoms with Gasteiger partial charge in [0.05, 0.1) is 13.2 Å². The van der Waals surface area contributed by atoms with Gasteiger partial charge < -0.3 is 29.2 Å². The van der Waals surface area contributed by atoms with E-state index in [0.29, 0.717) is 6.61 Å². The summed E-state index contributed by atoms with van der Waals surface area (Å²) < 4.78 is 21.8. The van der Waals surface area contributed by atoms with E-state index in [1.54, 1.807) is 0 Å². The molecular weight excluding hydrogens is 276 g/mol. The van der Waals surface area contributed by atoms with Crippen LogP contribution in [0, 0.1) is 0 Å². The van der Waals surface area contributed by atoms with Crippen LogP contribution in [-0.4, -0.2) is 61.7 Å². The van der Waals surface area contributed by atoms with E-state index in [1.165, 1.54) is 14.2 Å². The zero-order valence-electron chi connectivity index (χ0n) is 12.2. The van der Waals surface area contributed by atoms with E-state index in [0.717, 1.165) is 5.56 Å². The van der Waals surface area contributed by atoms with Crippen molar-refractivity contribution >= 4 is 0 Å². The summed E-state index contributed by atoms with van der Waals surface area (Å²) in [6, 6.07) is 9.67. The second kappa shape index (κ2) is 7.84. The Hall–Kier alpha value is -1.02. The summed E-state index contributed by atoms with van der Waals surface area (Å²) in [6.07, 6.45) is -3.56. The molecule has 1 aliphatic heterocycles. The summed E-state index contributed by atoms with van der Waals surface area (Å²) in [5.74, 6) is 0. The standard InChI is InChI=1S/C15H22O6/c1-18-13-12(20-9-10-6-4-3-5-7-10)11(8-16)21-15(17)14(13)19-2/h3-7,11-17H,8-9H2,1-2H3/t11?,12-,13?,14?,15+/m1/s1. The Bertz CT molecular complexity index is 412. The summed E-state index contributed by atoms with van der Waals surface area (Å²) in [5, 5.41) is 19.3. The maximum absolute atomic E-state index is 9.88. The van der Waals surface area contributed by atoms with Crippen LogP contribution in [0.2, 0.25) is 0 Å². The molecule has 0 aliphatic carbocycles. The lowest BCUT2D eigenvalue weighted by Gasteiger charge is -2.43. The molecule has 1 aromatic carbocycles. The van der Waals surface area contributed by atoms with E-state index in [9.17, 15) is 10.2 Å². The van der Waals surface area contributed by atoms with Crippen molar-refractivity contribution in [1.29, 1.82) is 0 Å². The third-order valence-electron chi connectivity index (χ3n) is 3.62. The topological polar surface area (TPSA) is 77.4 Å². The molecule has 21 heavy (non-hydrogen) atoms. The van der Waals surface area contributed by atoms with Gasteiger partial charge in [-0.2, -0.15) is 0 Å². The molecule has 5 atom stereocenters. The number of hydrogen-bond donors (Lipinski definition) is 2. The fourth-order valence-corrected chi connectivity index (χ4v) is 2.53. The number of hydrogen-bond acceptors (Lipinski definition) is 6. The molecule has 0 aromatic heterocycles. The van der Waals surface area contributed by atoms with Crippen molar-refractivity contribution in [2.24, 2.45) is 0 Å². The highest BCUT2D eigenvalue weighted by Gasteiger charge is 2.46. The number of aliphatic hydroxyl groups excluding tert-OH is 2. The van der Waals surface area contributed by atoms with Crippen LogP contribution < -0.4 is 0 Å². The first-order valence-electron chi connectivity index (χ1n) is 6.86. The van der Waals surface area contributed by atoms with Gasteiger partial charge in [0.2, 0.25) is 0 Å². The molecule has 1 saturated heterocycles. The maximum atomic E-state index is 9.88. The number of benzene rings is 1. The lowest BCUT2D eigenvalue weighted by atomic mass is 9.98. The number of aliphatic hydroxyl groups is 2. The van der Waals surface area contributed by atoms with Crippen LogP contribution in [0.4, 0.5) is 0 Å². The van der Waals surface area contributed by atoms with E-state index >= 15 is 0 Å². The zero-order chi connectivity index (χ0) is 15.2. The third-order valence-corrected chi connectivity index (χ3v) is 3.62. The molecule has 1 aromatic rings. The SMILES string of the molecule is COC1C(OC)[C@@H](O)OC(CO)[C@H]1OCc1ccccc1. The highest BCUT2D eigenvalue weighted by Crippen LogP contribution is 2.26. The largest absolute Gasteiger partial charge is 0.394 e. The summed E-state index contributed by atoms with van der Waals surface area (Å²) in [7, 11) is 2.98. The monoisotopic (exact) mass is 298 g/mol. The van der Waals surface area contributed by atoms with Crippen molar-refractivity contribution < 1.29 is 29.2 Å². The van der Waals surface area contributed by atoms with Gasteiger partial charge >= 0.3 is 0 Å². The van der Waals surface area contributed by atoms with Crippen molar-refractivity contribution in [3.8, 4) is 0 Å². The highest BCUT2D eigenvalue weighted by atomic mass is 16.7. The fourth-order valence-electron chi connectivity index (χ4n) is 2.53. The smallest absolute Gasteiger partial charge is 0.184 e. The van der Waals surface area contributed by atoms with Gasteiger partial charge in [-0.1, -0.05) is 30.3 Å². The second-order valence-electron chi connectivity index (χ2n) is 4.91. The van der Waals surface area contributed by atoms with Gasteiger partial charge in [0.15, 0.2) is 6.29 Å². The Labute approximate surface area is 124 Å². The minimum atomic E-state index is -1.16. The molecule has 1 aliphatic rings. The molecule has 0 bridgehead atoms. The van der Waals surface area contributed by atoms with Crippen molar-refractivity contribution in [1.82, 2.24) is 0 Å². The van der Waals surface area contributed by atoms with Crippen molar-refractivity contribution in [2.75, 3.05) is 20.8 Å². The van der Waals surface area contributed by atoms with Gasteiger partial charge in [0, 0.05) is 14.2 Å². The first kappa shape index (κ1) is 16.4. The Morgan fingerprint density at radius 3 is 2.29 bits per heavy atom. The molecule has 2 rings (SSSR count). The predicted octanol–water partition coefficient (Wildman–Crippen LogP) is 0.311. The van der Waals surface area contributed by atoms with Crippen LogP contribution in [-0.2, 0) is 25.6 Å². The lowest BCUT2D eigenvalue weighted by Crippen LogP contribution is -2.60. The first-order chi connectivity index (χ1) is 10.2. The van der Waals surface area contributed by atoms with Crippen LogP contribution in [0.5, 0.6) is 0 Å². The van der Waals surface area contributed by atoms with E-state index in [2.05, 4.69) is 0 Å². The average Bonchev–Trinajstić information content (AvgIpc) is 2.53. The third kappa shape index (κ3) is 3.79. The quantitative estimate of drug-likeness (QED) is 0.787. The molecule has 6 heteroatoms. The van der Waals surface area contributed by atoms with Crippen LogP contribution in [0.1, 0.15) is 5.56 Å². The Kier molecular flexibility index (Phi) is 6.10. The number of rotatable bonds is 6. The predicted molar refractivity (Wildman–Crippen MR) is 74.6 cm³/mol. The van der Waals surface area contributed by atoms with Gasteiger partial charge in [-0.05, 0) is 5.56 Å². The molecule has 3 unspecified atom stereocenters. The molecule has 1 heterocycles. The van der Waals surface area contributed by atoms with Gasteiger partial charge in [-0.15, -0.1) is 0 Å². The zero-order valence-corrected chi connectivity index (χ0v) is 12.2. The molecule has 118 valence electrons. The molecule has 0 radical (unpaired) electrons. The van der Waals surface area contributed by atoms with Crippen LogP contribution in [0.25, 0.3) is 0 Å². The van der Waals surface area contributed by atoms with E-state index in [1.807, 2.05) is 30.3 Å². The van der Waals surface area contributed by atoms with Crippen LogP contribution in [0.3, 0.4) is 0 Å². The Balaban J connectivity index is 2.08. The second-order valence-corrected chi connectivity index (χ2v) is 4.91.